The number of halogens is 2. The molecule has 4 rings (SSSR count). The van der Waals surface area contributed by atoms with Crippen LogP contribution >= 0.6 is 24.0 Å². The quantitative estimate of drug-likeness (QED) is 0.817. The Morgan fingerprint density at radius 1 is 1.22 bits per heavy atom. The highest BCUT2D eigenvalue weighted by molar-refractivity contribution is 6.32. The topological polar surface area (TPSA) is 55.2 Å². The molecule has 2 aromatic rings. The third kappa shape index (κ3) is 4.40. The Morgan fingerprint density at radius 3 is 2.81 bits per heavy atom. The highest BCUT2D eigenvalue weighted by Crippen LogP contribution is 2.32. The van der Waals surface area contributed by atoms with Gasteiger partial charge < -0.3 is 14.6 Å². The van der Waals surface area contributed by atoms with Crippen molar-refractivity contribution in [3.63, 3.8) is 0 Å². The summed E-state index contributed by atoms with van der Waals surface area (Å²) in [6, 6.07) is 6.01. The number of nitrogens with one attached hydrogen (secondary N) is 1. The molecular formula is C19H27Cl2N5O. The second kappa shape index (κ2) is 9.24. The minimum Gasteiger partial charge on any atom is -0.492 e. The van der Waals surface area contributed by atoms with Crippen molar-refractivity contribution in [1.29, 1.82) is 0 Å². The van der Waals surface area contributed by atoms with Gasteiger partial charge in [0.05, 0.1) is 18.2 Å². The number of likely N-dealkylation sites (tertiary alicyclic amines) is 1. The zero-order valence-electron chi connectivity index (χ0n) is 15.7. The molecule has 0 aliphatic carbocycles. The minimum atomic E-state index is 0. The maximum Gasteiger partial charge on any atom is 0.147 e. The zero-order valence-corrected chi connectivity index (χ0v) is 17.2. The molecule has 3 heterocycles. The lowest BCUT2D eigenvalue weighted by atomic mass is 9.95. The van der Waals surface area contributed by atoms with Gasteiger partial charge in [0.25, 0.3) is 0 Å². The molecule has 27 heavy (non-hydrogen) atoms. The summed E-state index contributed by atoms with van der Waals surface area (Å²) in [7, 11) is 0. The molecule has 1 saturated heterocycles. The van der Waals surface area contributed by atoms with Gasteiger partial charge in [0.15, 0.2) is 0 Å². The second-order valence-electron chi connectivity index (χ2n) is 7.01. The van der Waals surface area contributed by atoms with E-state index in [0.29, 0.717) is 17.5 Å². The first-order valence-corrected chi connectivity index (χ1v) is 9.89. The summed E-state index contributed by atoms with van der Waals surface area (Å²) < 4.78 is 8.09. The summed E-state index contributed by atoms with van der Waals surface area (Å²) in [5.41, 5.74) is 1.17. The highest BCUT2D eigenvalue weighted by atomic mass is 35.5. The molecule has 1 aromatic heterocycles. The largest absolute Gasteiger partial charge is 0.492 e. The fourth-order valence-corrected chi connectivity index (χ4v) is 4.24. The van der Waals surface area contributed by atoms with Gasteiger partial charge in [-0.05, 0) is 38.9 Å². The van der Waals surface area contributed by atoms with Crippen LogP contribution in [0.25, 0.3) is 0 Å². The van der Waals surface area contributed by atoms with Crippen LogP contribution in [0.3, 0.4) is 0 Å². The lowest BCUT2D eigenvalue weighted by Gasteiger charge is -2.32. The molecule has 1 N–H and O–H groups in total. The van der Waals surface area contributed by atoms with E-state index in [-0.39, 0.29) is 12.4 Å². The van der Waals surface area contributed by atoms with Crippen LogP contribution in [0.15, 0.2) is 18.2 Å². The number of fused-ring (bicyclic) bond motifs is 1. The number of nitrogens with zero attached hydrogens (tertiary/aromatic N) is 4. The van der Waals surface area contributed by atoms with Gasteiger partial charge in [-0.3, -0.25) is 4.90 Å². The average Bonchev–Trinajstić information content (AvgIpc) is 3.09. The second-order valence-corrected chi connectivity index (χ2v) is 7.42. The van der Waals surface area contributed by atoms with Gasteiger partial charge in [-0.2, -0.15) is 0 Å². The van der Waals surface area contributed by atoms with Gasteiger partial charge in [0.1, 0.15) is 17.4 Å². The molecule has 0 unspecified atom stereocenters. The van der Waals surface area contributed by atoms with E-state index in [2.05, 4.69) is 31.0 Å². The molecule has 0 bridgehead atoms. The first kappa shape index (κ1) is 20.4. The van der Waals surface area contributed by atoms with Crippen LogP contribution in [-0.4, -0.2) is 45.9 Å². The first-order valence-electron chi connectivity index (χ1n) is 9.51. The van der Waals surface area contributed by atoms with Crippen LogP contribution in [-0.2, 0) is 19.6 Å². The van der Waals surface area contributed by atoms with Crippen molar-refractivity contribution in [3.8, 4) is 5.75 Å². The number of hydrogen-bond donors (Lipinski definition) is 1. The summed E-state index contributed by atoms with van der Waals surface area (Å²) in [6.45, 7) is 8.45. The predicted octanol–water partition coefficient (Wildman–Crippen LogP) is 3.23. The number of hydrogen-bond acceptors (Lipinski definition) is 5. The maximum absolute atomic E-state index is 6.32. The molecule has 6 nitrogen and oxygen atoms in total. The highest BCUT2D eigenvalue weighted by Gasteiger charge is 2.27. The summed E-state index contributed by atoms with van der Waals surface area (Å²) in [5.74, 6) is 3.60. The van der Waals surface area contributed by atoms with Crippen LogP contribution < -0.4 is 10.1 Å². The Kier molecular flexibility index (Phi) is 6.98. The van der Waals surface area contributed by atoms with Crippen molar-refractivity contribution in [2.24, 2.45) is 0 Å². The lowest BCUT2D eigenvalue weighted by Crippen LogP contribution is -2.34. The van der Waals surface area contributed by atoms with E-state index in [1.165, 1.54) is 11.4 Å². The van der Waals surface area contributed by atoms with Crippen molar-refractivity contribution in [2.75, 3.05) is 26.2 Å². The molecule has 2 aliphatic heterocycles. The van der Waals surface area contributed by atoms with Crippen molar-refractivity contribution < 1.29 is 4.74 Å². The Balaban J connectivity index is 0.00000210. The van der Waals surface area contributed by atoms with Crippen molar-refractivity contribution in [1.82, 2.24) is 25.0 Å². The third-order valence-electron chi connectivity index (χ3n) is 5.34. The molecular weight excluding hydrogens is 385 g/mol. The summed E-state index contributed by atoms with van der Waals surface area (Å²) in [6.07, 6.45) is 2.24. The number of piperidine rings is 1. The van der Waals surface area contributed by atoms with E-state index in [1.807, 2.05) is 19.1 Å². The lowest BCUT2D eigenvalue weighted by molar-refractivity contribution is 0.196. The predicted molar refractivity (Wildman–Crippen MR) is 109 cm³/mol. The van der Waals surface area contributed by atoms with Crippen LogP contribution in [0.2, 0.25) is 5.02 Å². The van der Waals surface area contributed by atoms with E-state index in [1.54, 1.807) is 0 Å². The smallest absolute Gasteiger partial charge is 0.147 e. The van der Waals surface area contributed by atoms with Gasteiger partial charge in [-0.1, -0.05) is 23.7 Å². The molecule has 8 heteroatoms. The SMILES string of the molecule is CCOc1c(Cl)cccc1CN1CCC(c2nnc3n2CCNC3)CC1.Cl. The third-order valence-corrected chi connectivity index (χ3v) is 5.63. The molecule has 0 saturated carbocycles. The van der Waals surface area contributed by atoms with E-state index >= 15 is 0 Å². The van der Waals surface area contributed by atoms with E-state index in [9.17, 15) is 0 Å². The van der Waals surface area contributed by atoms with Crippen LogP contribution in [0, 0.1) is 0 Å². The number of para-hydroxylation sites is 1. The molecule has 0 spiro atoms. The molecule has 1 aromatic carbocycles. The summed E-state index contributed by atoms with van der Waals surface area (Å²) in [4.78, 5) is 2.49. The zero-order chi connectivity index (χ0) is 17.9. The molecule has 1 fully saturated rings. The fourth-order valence-electron chi connectivity index (χ4n) is 3.99. The number of aromatic nitrogens is 3. The Hall–Kier alpha value is -1.34. The number of ether oxygens (including phenoxy) is 1. The number of benzene rings is 1. The van der Waals surface area contributed by atoms with Crippen molar-refractivity contribution in [3.05, 3.63) is 40.4 Å². The fraction of sp³-hybridized carbons (Fsp3) is 0.579. The molecule has 148 valence electrons. The average molecular weight is 412 g/mol. The standard InChI is InChI=1S/C19H26ClN5O.ClH/c1-2-26-18-15(4-3-5-16(18)20)13-24-9-6-14(7-10-24)19-23-22-17-12-21-8-11-25(17)19;/h3-5,14,21H,2,6-13H2,1H3;1H. The van der Waals surface area contributed by atoms with Crippen LogP contribution in [0.4, 0.5) is 0 Å². The molecule has 0 atom stereocenters. The van der Waals surface area contributed by atoms with Gasteiger partial charge >= 0.3 is 0 Å². The minimum absolute atomic E-state index is 0. The van der Waals surface area contributed by atoms with Gasteiger partial charge in [-0.25, -0.2) is 0 Å². The van der Waals surface area contributed by atoms with Crippen molar-refractivity contribution in [2.45, 2.75) is 45.3 Å². The Morgan fingerprint density at radius 2 is 2.04 bits per heavy atom. The van der Waals surface area contributed by atoms with Gasteiger partial charge in [0, 0.05) is 31.1 Å². The normalized spacial score (nSPS) is 18.0. The van der Waals surface area contributed by atoms with E-state index in [0.717, 1.165) is 63.7 Å². The van der Waals surface area contributed by atoms with E-state index in [4.69, 9.17) is 16.3 Å². The van der Waals surface area contributed by atoms with Gasteiger partial charge in [-0.15, -0.1) is 22.6 Å². The first-order chi connectivity index (χ1) is 12.8. The molecule has 0 radical (unpaired) electrons. The maximum atomic E-state index is 6.32. The summed E-state index contributed by atoms with van der Waals surface area (Å²) in [5, 5.41) is 12.9. The van der Waals surface area contributed by atoms with E-state index < -0.39 is 0 Å². The monoisotopic (exact) mass is 411 g/mol. The Bertz CT molecular complexity index is 759. The van der Waals surface area contributed by atoms with Gasteiger partial charge in [0.2, 0.25) is 0 Å². The number of rotatable bonds is 5. The Labute approximate surface area is 171 Å². The van der Waals surface area contributed by atoms with Crippen molar-refractivity contribution >= 4 is 24.0 Å². The van der Waals surface area contributed by atoms with Crippen LogP contribution in [0.1, 0.15) is 42.9 Å². The molecule has 0 amide bonds. The summed E-state index contributed by atoms with van der Waals surface area (Å²) >= 11 is 6.32. The van der Waals surface area contributed by atoms with Crippen LogP contribution in [0.5, 0.6) is 5.75 Å². The molecule has 2 aliphatic rings.